The van der Waals surface area contributed by atoms with Crippen LogP contribution in [-0.2, 0) is 9.59 Å². The minimum absolute atomic E-state index is 0.166. The number of hydrogen-bond acceptors (Lipinski definition) is 5. The summed E-state index contributed by atoms with van der Waals surface area (Å²) in [6.07, 6.45) is 4.50. The zero-order valence-corrected chi connectivity index (χ0v) is 19.1. The van der Waals surface area contributed by atoms with Gasteiger partial charge in [-0.05, 0) is 76.6 Å². The summed E-state index contributed by atoms with van der Waals surface area (Å²) in [5.41, 5.74) is 0.780. The van der Waals surface area contributed by atoms with Gasteiger partial charge in [-0.15, -0.1) is 0 Å². The van der Waals surface area contributed by atoms with Gasteiger partial charge in [0.1, 0.15) is 12.3 Å². The van der Waals surface area contributed by atoms with Gasteiger partial charge in [-0.3, -0.25) is 19.3 Å². The number of hydrogen-bond donors (Lipinski definition) is 0. The van der Waals surface area contributed by atoms with Gasteiger partial charge in [0.25, 0.3) is 11.1 Å². The van der Waals surface area contributed by atoms with Gasteiger partial charge in [0.05, 0.1) is 16.0 Å². The Bertz CT molecular complexity index is 834. The Morgan fingerprint density at radius 1 is 1.31 bits per heavy atom. The molecule has 0 atom stereocenters. The second kappa shape index (κ2) is 9.80. The lowest BCUT2D eigenvalue weighted by Gasteiger charge is -2.31. The van der Waals surface area contributed by atoms with E-state index in [9.17, 15) is 14.4 Å². The summed E-state index contributed by atoms with van der Waals surface area (Å²) in [5.74, 6) is 0.762. The van der Waals surface area contributed by atoms with Gasteiger partial charge >= 0.3 is 0 Å². The van der Waals surface area contributed by atoms with Crippen LogP contribution in [0.2, 0.25) is 0 Å². The summed E-state index contributed by atoms with van der Waals surface area (Å²) in [7, 11) is 0. The second-order valence-corrected chi connectivity index (χ2v) is 9.22. The average Bonchev–Trinajstić information content (AvgIpc) is 2.95. The van der Waals surface area contributed by atoms with Crippen LogP contribution in [0.3, 0.4) is 0 Å². The molecule has 3 amide bonds. The summed E-state index contributed by atoms with van der Waals surface area (Å²) in [5, 5.41) is -0.401. The Balaban J connectivity index is 1.66. The lowest BCUT2D eigenvalue weighted by Crippen LogP contribution is -2.45. The van der Waals surface area contributed by atoms with Crippen LogP contribution in [0, 0.1) is 5.92 Å². The SMILES string of the molecule is CCCOc1ccc(/C=C2\SC(=O)N(CC(=O)N3CCC(C)CC3)C2=O)cc1Br. The van der Waals surface area contributed by atoms with Crippen LogP contribution >= 0.6 is 27.7 Å². The average molecular weight is 481 g/mol. The maximum Gasteiger partial charge on any atom is 0.294 e. The molecular weight excluding hydrogens is 456 g/mol. The molecule has 0 saturated carbocycles. The van der Waals surface area contributed by atoms with Crippen molar-refractivity contribution in [1.82, 2.24) is 9.80 Å². The molecule has 29 heavy (non-hydrogen) atoms. The van der Waals surface area contributed by atoms with Crippen LogP contribution < -0.4 is 4.74 Å². The Morgan fingerprint density at radius 3 is 2.69 bits per heavy atom. The van der Waals surface area contributed by atoms with Crippen LogP contribution in [0.5, 0.6) is 5.75 Å². The number of ether oxygens (including phenoxy) is 1. The maximum absolute atomic E-state index is 12.7. The highest BCUT2D eigenvalue weighted by Gasteiger charge is 2.37. The van der Waals surface area contributed by atoms with Gasteiger partial charge in [0.15, 0.2) is 0 Å². The summed E-state index contributed by atoms with van der Waals surface area (Å²) >= 11 is 4.34. The zero-order chi connectivity index (χ0) is 21.0. The van der Waals surface area contributed by atoms with Crippen LogP contribution in [0.4, 0.5) is 4.79 Å². The van der Waals surface area contributed by atoms with E-state index in [1.165, 1.54) is 0 Å². The molecule has 2 aliphatic heterocycles. The Hall–Kier alpha value is -1.80. The third-order valence-electron chi connectivity index (χ3n) is 5.02. The summed E-state index contributed by atoms with van der Waals surface area (Å²) < 4.78 is 6.42. The monoisotopic (exact) mass is 480 g/mol. The molecule has 0 radical (unpaired) electrons. The molecule has 1 aromatic rings. The summed E-state index contributed by atoms with van der Waals surface area (Å²) in [4.78, 5) is 40.6. The summed E-state index contributed by atoms with van der Waals surface area (Å²) in [6, 6.07) is 5.51. The highest BCUT2D eigenvalue weighted by molar-refractivity contribution is 9.10. The standard InChI is InChI=1S/C21H25BrN2O4S/c1-3-10-28-17-5-4-15(11-16(17)22)12-18-20(26)24(21(27)29-18)13-19(25)23-8-6-14(2)7-9-23/h4-5,11-12,14H,3,6-10,13H2,1-2H3/b18-12-. The molecule has 0 aromatic heterocycles. The van der Waals surface area contributed by atoms with E-state index in [0.717, 1.165) is 51.7 Å². The fourth-order valence-corrected chi connectivity index (χ4v) is 4.57. The zero-order valence-electron chi connectivity index (χ0n) is 16.7. The molecule has 0 unspecified atom stereocenters. The predicted octanol–water partition coefficient (Wildman–Crippen LogP) is 4.53. The first-order valence-corrected chi connectivity index (χ1v) is 11.5. The molecule has 0 bridgehead atoms. The largest absolute Gasteiger partial charge is 0.492 e. The molecule has 0 aliphatic carbocycles. The predicted molar refractivity (Wildman–Crippen MR) is 118 cm³/mol. The van der Waals surface area contributed by atoms with E-state index in [4.69, 9.17) is 4.74 Å². The third-order valence-corrected chi connectivity index (χ3v) is 6.55. The van der Waals surface area contributed by atoms with Crippen molar-refractivity contribution in [3.05, 3.63) is 33.1 Å². The Kier molecular flexibility index (Phi) is 7.40. The lowest BCUT2D eigenvalue weighted by molar-refractivity contribution is -0.136. The summed E-state index contributed by atoms with van der Waals surface area (Å²) in [6.45, 7) is 6.02. The molecule has 3 rings (SSSR count). The van der Waals surface area contributed by atoms with Gasteiger partial charge in [0.2, 0.25) is 5.91 Å². The molecular formula is C21H25BrN2O4S. The maximum atomic E-state index is 12.7. The van der Waals surface area contributed by atoms with E-state index >= 15 is 0 Å². The van der Waals surface area contributed by atoms with Crippen LogP contribution in [0.25, 0.3) is 6.08 Å². The quantitative estimate of drug-likeness (QED) is 0.559. The number of nitrogens with zero attached hydrogens (tertiary/aromatic N) is 2. The van der Waals surface area contributed by atoms with Gasteiger partial charge < -0.3 is 9.64 Å². The molecule has 0 spiro atoms. The number of imide groups is 1. The van der Waals surface area contributed by atoms with Gasteiger partial charge in [-0.1, -0.05) is 19.9 Å². The minimum atomic E-state index is -0.416. The fourth-order valence-electron chi connectivity index (χ4n) is 3.22. The number of rotatable bonds is 6. The van der Waals surface area contributed by atoms with E-state index in [2.05, 4.69) is 22.9 Å². The first-order chi connectivity index (χ1) is 13.9. The van der Waals surface area contributed by atoms with Crippen molar-refractivity contribution in [3.63, 3.8) is 0 Å². The number of thioether (sulfide) groups is 1. The molecule has 0 N–H and O–H groups in total. The Morgan fingerprint density at radius 2 is 2.03 bits per heavy atom. The second-order valence-electron chi connectivity index (χ2n) is 7.37. The normalized spacial score (nSPS) is 19.3. The number of halogens is 1. The van der Waals surface area contributed by atoms with Crippen molar-refractivity contribution in [2.45, 2.75) is 33.1 Å². The van der Waals surface area contributed by atoms with Crippen LogP contribution in [0.15, 0.2) is 27.6 Å². The highest BCUT2D eigenvalue weighted by atomic mass is 79.9. The van der Waals surface area contributed by atoms with E-state index in [0.29, 0.717) is 30.5 Å². The highest BCUT2D eigenvalue weighted by Crippen LogP contribution is 2.34. The van der Waals surface area contributed by atoms with Crippen molar-refractivity contribution in [3.8, 4) is 5.75 Å². The molecule has 156 valence electrons. The number of piperidine rings is 1. The van der Waals surface area contributed by atoms with Gasteiger partial charge in [-0.25, -0.2) is 0 Å². The molecule has 1 aromatic carbocycles. The third kappa shape index (κ3) is 5.42. The smallest absolute Gasteiger partial charge is 0.294 e. The minimum Gasteiger partial charge on any atom is -0.492 e. The molecule has 2 fully saturated rings. The molecule has 2 heterocycles. The van der Waals surface area contributed by atoms with Crippen molar-refractivity contribution in [1.29, 1.82) is 0 Å². The van der Waals surface area contributed by atoms with E-state index in [1.54, 1.807) is 11.0 Å². The van der Waals surface area contributed by atoms with E-state index in [1.807, 2.05) is 25.1 Å². The first kappa shape index (κ1) is 21.9. The fraction of sp³-hybridized carbons (Fsp3) is 0.476. The van der Waals surface area contributed by atoms with Crippen molar-refractivity contribution < 1.29 is 19.1 Å². The number of carbonyl (C=O) groups is 3. The lowest BCUT2D eigenvalue weighted by atomic mass is 9.99. The number of amides is 3. The molecule has 2 saturated heterocycles. The van der Waals surface area contributed by atoms with Crippen molar-refractivity contribution in [2.24, 2.45) is 5.92 Å². The molecule has 2 aliphatic rings. The number of likely N-dealkylation sites (tertiary alicyclic amines) is 1. The number of carbonyl (C=O) groups excluding carboxylic acids is 3. The van der Waals surface area contributed by atoms with Gasteiger partial charge in [-0.2, -0.15) is 0 Å². The van der Waals surface area contributed by atoms with Crippen molar-refractivity contribution >= 4 is 50.8 Å². The topological polar surface area (TPSA) is 66.9 Å². The number of benzene rings is 1. The van der Waals surface area contributed by atoms with E-state index in [-0.39, 0.29) is 12.5 Å². The molecule has 6 nitrogen and oxygen atoms in total. The van der Waals surface area contributed by atoms with Crippen LogP contribution in [0.1, 0.15) is 38.7 Å². The Labute approximate surface area is 183 Å². The van der Waals surface area contributed by atoms with Crippen molar-refractivity contribution in [2.75, 3.05) is 26.2 Å². The van der Waals surface area contributed by atoms with Crippen LogP contribution in [-0.4, -0.2) is 53.1 Å². The first-order valence-electron chi connectivity index (χ1n) is 9.84. The molecule has 8 heteroatoms. The van der Waals surface area contributed by atoms with E-state index < -0.39 is 11.1 Å². The van der Waals surface area contributed by atoms with Gasteiger partial charge in [0, 0.05) is 13.1 Å².